The van der Waals surface area contributed by atoms with E-state index in [0.29, 0.717) is 5.92 Å². The molecular weight excluding hydrogens is 280 g/mol. The summed E-state index contributed by atoms with van der Waals surface area (Å²) in [5.41, 5.74) is 1.82. The number of nitrogens with one attached hydrogen (secondary N) is 2. The Morgan fingerprint density at radius 3 is 3.24 bits per heavy atom. The number of fused-ring (bicyclic) bond motifs is 1. The van der Waals surface area contributed by atoms with Crippen molar-refractivity contribution in [2.24, 2.45) is 5.92 Å². The minimum absolute atomic E-state index is 0.702. The summed E-state index contributed by atoms with van der Waals surface area (Å²) in [6.45, 7) is 2.26. The van der Waals surface area contributed by atoms with Crippen LogP contribution in [-0.4, -0.2) is 28.0 Å². The highest BCUT2D eigenvalue weighted by molar-refractivity contribution is 9.10. The van der Waals surface area contributed by atoms with E-state index in [0.717, 1.165) is 41.0 Å². The van der Waals surface area contributed by atoms with Gasteiger partial charge in [-0.15, -0.1) is 0 Å². The van der Waals surface area contributed by atoms with Gasteiger partial charge in [-0.2, -0.15) is 0 Å². The average Bonchev–Trinajstić information content (AvgIpc) is 2.71. The van der Waals surface area contributed by atoms with E-state index in [1.807, 2.05) is 6.07 Å². The topological polar surface area (TPSA) is 53.6 Å². The Morgan fingerprint density at radius 1 is 1.47 bits per heavy atom. The third-order valence-electron chi connectivity index (χ3n) is 3.23. The minimum Gasteiger partial charge on any atom is -0.341 e. The number of aromatic nitrogens is 3. The summed E-state index contributed by atoms with van der Waals surface area (Å²) < 4.78 is 0.986. The largest absolute Gasteiger partial charge is 0.341 e. The fraction of sp³-hybridized carbons (Fsp3) is 0.500. The molecular formula is C12H15BrN4. The van der Waals surface area contributed by atoms with E-state index < -0.39 is 0 Å². The predicted octanol–water partition coefficient (Wildman–Crippen LogP) is 2.26. The molecule has 0 spiro atoms. The number of halogens is 1. The number of pyridine rings is 1. The third-order valence-corrected chi connectivity index (χ3v) is 3.67. The summed E-state index contributed by atoms with van der Waals surface area (Å²) in [6.07, 6.45) is 5.37. The standard InChI is InChI=1S/C12H15BrN4/c13-9-5-10-12(15-7-9)17-11(16-10)4-8-2-1-3-14-6-8/h5,7-8,14H,1-4,6H2,(H,15,16,17). The van der Waals surface area contributed by atoms with Gasteiger partial charge in [0.2, 0.25) is 0 Å². The van der Waals surface area contributed by atoms with E-state index in [-0.39, 0.29) is 0 Å². The maximum atomic E-state index is 4.53. The molecule has 0 amide bonds. The highest BCUT2D eigenvalue weighted by atomic mass is 79.9. The molecule has 1 aliphatic rings. The monoisotopic (exact) mass is 294 g/mol. The highest BCUT2D eigenvalue weighted by Crippen LogP contribution is 2.18. The first kappa shape index (κ1) is 11.2. The molecule has 3 rings (SSSR count). The number of rotatable bonds is 2. The molecule has 0 aliphatic carbocycles. The number of hydrogen-bond acceptors (Lipinski definition) is 3. The quantitative estimate of drug-likeness (QED) is 0.893. The summed E-state index contributed by atoms with van der Waals surface area (Å²) in [5, 5.41) is 3.43. The zero-order valence-electron chi connectivity index (χ0n) is 9.54. The lowest BCUT2D eigenvalue weighted by atomic mass is 9.96. The van der Waals surface area contributed by atoms with Gasteiger partial charge in [-0.1, -0.05) is 0 Å². The van der Waals surface area contributed by atoms with Gasteiger partial charge < -0.3 is 10.3 Å². The van der Waals surface area contributed by atoms with Gasteiger partial charge >= 0.3 is 0 Å². The van der Waals surface area contributed by atoms with E-state index in [1.165, 1.54) is 12.8 Å². The molecule has 0 saturated carbocycles. The second kappa shape index (κ2) is 4.74. The maximum Gasteiger partial charge on any atom is 0.177 e. The number of imidazole rings is 1. The van der Waals surface area contributed by atoms with Crippen molar-refractivity contribution >= 4 is 27.1 Å². The molecule has 1 saturated heterocycles. The molecule has 1 unspecified atom stereocenters. The normalized spacial score (nSPS) is 20.9. The zero-order chi connectivity index (χ0) is 11.7. The second-order valence-electron chi connectivity index (χ2n) is 4.62. The van der Waals surface area contributed by atoms with Crippen LogP contribution in [0.5, 0.6) is 0 Å². The van der Waals surface area contributed by atoms with E-state index >= 15 is 0 Å². The van der Waals surface area contributed by atoms with Crippen molar-refractivity contribution in [3.63, 3.8) is 0 Å². The molecule has 2 aromatic heterocycles. The first-order valence-corrected chi connectivity index (χ1v) is 6.81. The molecule has 5 heteroatoms. The Kier molecular flexibility index (Phi) is 3.11. The van der Waals surface area contributed by atoms with Gasteiger partial charge in [0.05, 0.1) is 5.52 Å². The van der Waals surface area contributed by atoms with Crippen LogP contribution >= 0.6 is 15.9 Å². The van der Waals surface area contributed by atoms with E-state index in [4.69, 9.17) is 0 Å². The van der Waals surface area contributed by atoms with Gasteiger partial charge in [-0.3, -0.25) is 0 Å². The predicted molar refractivity (Wildman–Crippen MR) is 70.9 cm³/mol. The third kappa shape index (κ3) is 2.50. The van der Waals surface area contributed by atoms with Crippen molar-refractivity contribution in [1.29, 1.82) is 0 Å². The molecule has 1 atom stereocenters. The molecule has 2 N–H and O–H groups in total. The summed E-state index contributed by atoms with van der Waals surface area (Å²) in [7, 11) is 0. The summed E-state index contributed by atoms with van der Waals surface area (Å²) in [5.74, 6) is 1.76. The molecule has 2 aromatic rings. The van der Waals surface area contributed by atoms with Gasteiger partial charge in [0, 0.05) is 17.1 Å². The second-order valence-corrected chi connectivity index (χ2v) is 5.54. The van der Waals surface area contributed by atoms with Crippen molar-refractivity contribution in [3.05, 3.63) is 22.6 Å². The number of nitrogens with zero attached hydrogens (tertiary/aromatic N) is 2. The molecule has 3 heterocycles. The van der Waals surface area contributed by atoms with Crippen molar-refractivity contribution in [3.8, 4) is 0 Å². The van der Waals surface area contributed by atoms with Crippen molar-refractivity contribution < 1.29 is 0 Å². The Bertz CT molecular complexity index is 516. The molecule has 0 aromatic carbocycles. The highest BCUT2D eigenvalue weighted by Gasteiger charge is 2.15. The fourth-order valence-corrected chi connectivity index (χ4v) is 2.72. The minimum atomic E-state index is 0.702. The molecule has 0 bridgehead atoms. The molecule has 4 nitrogen and oxygen atoms in total. The van der Waals surface area contributed by atoms with Gasteiger partial charge in [-0.05, 0) is 53.8 Å². The van der Waals surface area contributed by atoms with Crippen LogP contribution < -0.4 is 5.32 Å². The molecule has 90 valence electrons. The Balaban J connectivity index is 1.80. The van der Waals surface area contributed by atoms with Crippen LogP contribution in [0.25, 0.3) is 11.2 Å². The lowest BCUT2D eigenvalue weighted by Crippen LogP contribution is -2.31. The fourth-order valence-electron chi connectivity index (χ4n) is 2.39. The SMILES string of the molecule is Brc1cnc2nc(CC3CCCNC3)[nH]c2c1. The first-order valence-electron chi connectivity index (χ1n) is 6.02. The first-order chi connectivity index (χ1) is 8.31. The molecule has 1 fully saturated rings. The maximum absolute atomic E-state index is 4.53. The number of aromatic amines is 1. The lowest BCUT2D eigenvalue weighted by molar-refractivity contribution is 0.371. The van der Waals surface area contributed by atoms with Gasteiger partial charge in [0.1, 0.15) is 5.82 Å². The van der Waals surface area contributed by atoms with E-state index in [2.05, 4.69) is 36.2 Å². The van der Waals surface area contributed by atoms with Crippen LogP contribution in [0.1, 0.15) is 18.7 Å². The smallest absolute Gasteiger partial charge is 0.177 e. The Hall–Kier alpha value is -0.940. The van der Waals surface area contributed by atoms with Crippen LogP contribution in [0.4, 0.5) is 0 Å². The molecule has 17 heavy (non-hydrogen) atoms. The zero-order valence-corrected chi connectivity index (χ0v) is 11.1. The number of hydrogen-bond donors (Lipinski definition) is 2. The summed E-state index contributed by atoms with van der Waals surface area (Å²) in [4.78, 5) is 12.2. The van der Waals surface area contributed by atoms with E-state index in [1.54, 1.807) is 6.20 Å². The van der Waals surface area contributed by atoms with Crippen LogP contribution in [0.15, 0.2) is 16.7 Å². The summed E-state index contributed by atoms with van der Waals surface area (Å²) >= 11 is 3.42. The van der Waals surface area contributed by atoms with Crippen LogP contribution in [0.3, 0.4) is 0 Å². The van der Waals surface area contributed by atoms with Crippen LogP contribution in [0, 0.1) is 5.92 Å². The van der Waals surface area contributed by atoms with E-state index in [9.17, 15) is 0 Å². The number of piperidine rings is 1. The van der Waals surface area contributed by atoms with Crippen LogP contribution in [0.2, 0.25) is 0 Å². The molecule has 0 radical (unpaired) electrons. The van der Waals surface area contributed by atoms with Crippen molar-refractivity contribution in [2.45, 2.75) is 19.3 Å². The lowest BCUT2D eigenvalue weighted by Gasteiger charge is -2.21. The Morgan fingerprint density at radius 2 is 2.41 bits per heavy atom. The van der Waals surface area contributed by atoms with Crippen molar-refractivity contribution in [1.82, 2.24) is 20.3 Å². The molecule has 1 aliphatic heterocycles. The van der Waals surface area contributed by atoms with Gasteiger partial charge in [0.15, 0.2) is 5.65 Å². The van der Waals surface area contributed by atoms with Gasteiger partial charge in [-0.25, -0.2) is 9.97 Å². The number of H-pyrrole nitrogens is 1. The van der Waals surface area contributed by atoms with Crippen molar-refractivity contribution in [2.75, 3.05) is 13.1 Å². The summed E-state index contributed by atoms with van der Waals surface area (Å²) in [6, 6.07) is 2.03. The van der Waals surface area contributed by atoms with Gasteiger partial charge in [0.25, 0.3) is 0 Å². The van der Waals surface area contributed by atoms with Crippen LogP contribution in [-0.2, 0) is 6.42 Å². The average molecular weight is 295 g/mol. The Labute approximate surface area is 108 Å².